The van der Waals surface area contributed by atoms with Crippen molar-refractivity contribution in [3.63, 3.8) is 0 Å². The summed E-state index contributed by atoms with van der Waals surface area (Å²) in [5.41, 5.74) is 1.13. The minimum atomic E-state index is -0.894. The van der Waals surface area contributed by atoms with E-state index in [1.807, 2.05) is 17.5 Å². The molecule has 0 aliphatic heterocycles. The monoisotopic (exact) mass is 466 g/mol. The normalized spacial score (nSPS) is 14.6. The lowest BCUT2D eigenvalue weighted by Crippen LogP contribution is -2.46. The maximum Gasteiger partial charge on any atom is 0.248 e. The van der Waals surface area contributed by atoms with Crippen molar-refractivity contribution >= 4 is 28.8 Å². The van der Waals surface area contributed by atoms with E-state index >= 15 is 0 Å². The van der Waals surface area contributed by atoms with Crippen molar-refractivity contribution in [1.82, 2.24) is 5.32 Å². The van der Waals surface area contributed by atoms with Crippen LogP contribution >= 0.6 is 11.3 Å². The SMILES string of the molecule is COc1ccc(C(C(=O)NC2CCCC2)N(C(=O)Cc2cccs2)c2ccc(F)cc2)cc1. The van der Waals surface area contributed by atoms with E-state index in [2.05, 4.69) is 5.32 Å². The number of nitrogens with zero attached hydrogens (tertiary/aromatic N) is 1. The van der Waals surface area contributed by atoms with Crippen molar-refractivity contribution in [2.24, 2.45) is 0 Å². The summed E-state index contributed by atoms with van der Waals surface area (Å²) in [6.45, 7) is 0. The molecule has 1 aliphatic rings. The molecule has 1 aromatic heterocycles. The molecule has 7 heteroatoms. The third-order valence-electron chi connectivity index (χ3n) is 5.92. The van der Waals surface area contributed by atoms with Gasteiger partial charge in [0.1, 0.15) is 17.6 Å². The van der Waals surface area contributed by atoms with E-state index in [0.29, 0.717) is 17.0 Å². The third-order valence-corrected chi connectivity index (χ3v) is 6.80. The Morgan fingerprint density at radius 2 is 1.79 bits per heavy atom. The fourth-order valence-corrected chi connectivity index (χ4v) is 4.94. The van der Waals surface area contributed by atoms with Gasteiger partial charge in [0.15, 0.2) is 0 Å². The van der Waals surface area contributed by atoms with Gasteiger partial charge in [0.05, 0.1) is 13.5 Å². The molecule has 1 N–H and O–H groups in total. The van der Waals surface area contributed by atoms with Gasteiger partial charge in [0.2, 0.25) is 11.8 Å². The predicted octanol–water partition coefficient (Wildman–Crippen LogP) is 5.27. The minimum Gasteiger partial charge on any atom is -0.497 e. The summed E-state index contributed by atoms with van der Waals surface area (Å²) in [5, 5.41) is 5.06. The Balaban J connectivity index is 1.75. The average molecular weight is 467 g/mol. The average Bonchev–Trinajstić information content (AvgIpc) is 3.53. The number of thiophene rings is 1. The quantitative estimate of drug-likeness (QED) is 0.492. The number of hydrogen-bond donors (Lipinski definition) is 1. The lowest BCUT2D eigenvalue weighted by molar-refractivity contribution is -0.127. The van der Waals surface area contributed by atoms with E-state index in [-0.39, 0.29) is 24.3 Å². The van der Waals surface area contributed by atoms with E-state index in [1.165, 1.54) is 28.4 Å². The number of amides is 2. The van der Waals surface area contributed by atoms with Crippen LogP contribution in [-0.2, 0) is 16.0 Å². The molecule has 1 fully saturated rings. The fraction of sp³-hybridized carbons (Fsp3) is 0.308. The first-order chi connectivity index (χ1) is 16.0. The van der Waals surface area contributed by atoms with Crippen molar-refractivity contribution in [3.8, 4) is 5.75 Å². The summed E-state index contributed by atoms with van der Waals surface area (Å²) in [7, 11) is 1.58. The van der Waals surface area contributed by atoms with Gasteiger partial charge in [0, 0.05) is 16.6 Å². The van der Waals surface area contributed by atoms with Crippen LogP contribution < -0.4 is 15.0 Å². The topological polar surface area (TPSA) is 58.6 Å². The molecule has 0 radical (unpaired) electrons. The summed E-state index contributed by atoms with van der Waals surface area (Å²) < 4.78 is 19.0. The lowest BCUT2D eigenvalue weighted by atomic mass is 10.0. The zero-order chi connectivity index (χ0) is 23.2. The number of rotatable bonds is 8. The van der Waals surface area contributed by atoms with Gasteiger partial charge in [-0.15, -0.1) is 11.3 Å². The van der Waals surface area contributed by atoms with E-state index in [4.69, 9.17) is 4.74 Å². The second kappa shape index (κ2) is 10.6. The Labute approximate surface area is 197 Å². The molecule has 5 nitrogen and oxygen atoms in total. The molecule has 4 rings (SSSR count). The van der Waals surface area contributed by atoms with Crippen molar-refractivity contribution in [2.45, 2.75) is 44.2 Å². The zero-order valence-corrected chi connectivity index (χ0v) is 19.3. The van der Waals surface area contributed by atoms with Crippen LogP contribution in [-0.4, -0.2) is 25.0 Å². The van der Waals surface area contributed by atoms with Gasteiger partial charge in [-0.1, -0.05) is 31.0 Å². The van der Waals surface area contributed by atoms with Crippen LogP contribution in [0.5, 0.6) is 5.75 Å². The highest BCUT2D eigenvalue weighted by molar-refractivity contribution is 7.10. The van der Waals surface area contributed by atoms with Crippen LogP contribution in [0.25, 0.3) is 0 Å². The number of methoxy groups -OCH3 is 1. The molecular formula is C26H27FN2O3S. The van der Waals surface area contributed by atoms with Crippen LogP contribution in [0.3, 0.4) is 0 Å². The molecule has 1 heterocycles. The van der Waals surface area contributed by atoms with Gasteiger partial charge < -0.3 is 10.1 Å². The molecule has 2 aromatic carbocycles. The molecule has 33 heavy (non-hydrogen) atoms. The smallest absolute Gasteiger partial charge is 0.248 e. The minimum absolute atomic E-state index is 0.0979. The molecule has 2 amide bonds. The standard InChI is InChI=1S/C26H27FN2O3S/c1-32-22-14-8-18(9-15-22)25(26(31)28-20-5-2-3-6-20)29(21-12-10-19(27)11-13-21)24(30)17-23-7-4-16-33-23/h4,7-16,20,25H,2-3,5-6,17H2,1H3,(H,28,31). The van der Waals surface area contributed by atoms with Gasteiger partial charge >= 0.3 is 0 Å². The number of hydrogen-bond acceptors (Lipinski definition) is 4. The summed E-state index contributed by atoms with van der Waals surface area (Å²) >= 11 is 1.49. The maximum atomic E-state index is 13.7. The van der Waals surface area contributed by atoms with E-state index in [0.717, 1.165) is 30.6 Å². The van der Waals surface area contributed by atoms with E-state index in [9.17, 15) is 14.0 Å². The Bertz CT molecular complexity index is 1060. The van der Waals surface area contributed by atoms with Gasteiger partial charge in [-0.3, -0.25) is 14.5 Å². The van der Waals surface area contributed by atoms with E-state index < -0.39 is 11.9 Å². The summed E-state index contributed by atoms with van der Waals surface area (Å²) in [6.07, 6.45) is 4.17. The van der Waals surface area contributed by atoms with Crippen LogP contribution in [0.15, 0.2) is 66.0 Å². The van der Waals surface area contributed by atoms with Gasteiger partial charge in [-0.05, 0) is 66.2 Å². The number of ether oxygens (including phenoxy) is 1. The van der Waals surface area contributed by atoms with E-state index in [1.54, 1.807) is 43.5 Å². The summed E-state index contributed by atoms with van der Waals surface area (Å²) in [5.74, 6) is -0.213. The van der Waals surface area contributed by atoms with Gasteiger partial charge in [-0.2, -0.15) is 0 Å². The third kappa shape index (κ3) is 5.60. The fourth-order valence-electron chi connectivity index (χ4n) is 4.24. The number of carbonyl (C=O) groups excluding carboxylic acids is 2. The Hall–Kier alpha value is -3.19. The Morgan fingerprint density at radius 3 is 2.39 bits per heavy atom. The maximum absolute atomic E-state index is 13.7. The van der Waals surface area contributed by atoms with Crippen molar-refractivity contribution < 1.29 is 18.7 Å². The number of benzene rings is 2. The lowest BCUT2D eigenvalue weighted by Gasteiger charge is -2.32. The van der Waals surface area contributed by atoms with Crippen molar-refractivity contribution in [1.29, 1.82) is 0 Å². The van der Waals surface area contributed by atoms with Gasteiger partial charge in [0.25, 0.3) is 0 Å². The highest BCUT2D eigenvalue weighted by Crippen LogP contribution is 2.31. The Morgan fingerprint density at radius 1 is 1.09 bits per heavy atom. The summed E-state index contributed by atoms with van der Waals surface area (Å²) in [6, 6.07) is 15.8. The number of halogens is 1. The number of nitrogens with one attached hydrogen (secondary N) is 1. The molecule has 0 saturated heterocycles. The number of carbonyl (C=O) groups is 2. The summed E-state index contributed by atoms with van der Waals surface area (Å²) in [4.78, 5) is 29.6. The molecule has 0 spiro atoms. The van der Waals surface area contributed by atoms with Crippen LogP contribution in [0.2, 0.25) is 0 Å². The highest BCUT2D eigenvalue weighted by Gasteiger charge is 2.34. The van der Waals surface area contributed by atoms with Gasteiger partial charge in [-0.25, -0.2) is 4.39 Å². The van der Waals surface area contributed by atoms with Crippen molar-refractivity contribution in [2.75, 3.05) is 12.0 Å². The zero-order valence-electron chi connectivity index (χ0n) is 18.5. The first-order valence-electron chi connectivity index (χ1n) is 11.1. The molecule has 0 bridgehead atoms. The largest absolute Gasteiger partial charge is 0.497 e. The van der Waals surface area contributed by atoms with Crippen LogP contribution in [0, 0.1) is 5.82 Å². The molecule has 1 saturated carbocycles. The molecule has 1 atom stereocenters. The number of anilines is 1. The molecule has 172 valence electrons. The Kier molecular flexibility index (Phi) is 7.40. The second-order valence-electron chi connectivity index (χ2n) is 8.16. The molecule has 3 aromatic rings. The van der Waals surface area contributed by atoms with Crippen LogP contribution in [0.4, 0.5) is 10.1 Å². The molecule has 1 unspecified atom stereocenters. The van der Waals surface area contributed by atoms with Crippen molar-refractivity contribution in [3.05, 3.63) is 82.3 Å². The second-order valence-corrected chi connectivity index (χ2v) is 9.19. The molecular weight excluding hydrogens is 439 g/mol. The first-order valence-corrected chi connectivity index (χ1v) is 12.0. The van der Waals surface area contributed by atoms with Crippen LogP contribution in [0.1, 0.15) is 42.2 Å². The molecule has 1 aliphatic carbocycles. The highest BCUT2D eigenvalue weighted by atomic mass is 32.1. The first kappa shape index (κ1) is 23.0. The predicted molar refractivity (Wildman–Crippen MR) is 128 cm³/mol.